The first-order valence-corrected chi connectivity index (χ1v) is 9.93. The minimum atomic E-state index is -0.682. The Bertz CT molecular complexity index is 1030. The van der Waals surface area contributed by atoms with E-state index in [-0.39, 0.29) is 34.8 Å². The van der Waals surface area contributed by atoms with Gasteiger partial charge in [0.2, 0.25) is 17.6 Å². The van der Waals surface area contributed by atoms with Crippen LogP contribution in [-0.4, -0.2) is 30.2 Å². The molecule has 2 aromatic rings. The molecule has 4 rings (SSSR count). The van der Waals surface area contributed by atoms with Gasteiger partial charge in [0.25, 0.3) is 0 Å². The van der Waals surface area contributed by atoms with Crippen LogP contribution in [0.4, 0.5) is 5.69 Å². The number of nitrogens with zero attached hydrogens (tertiary/aromatic N) is 1. The molecule has 1 fully saturated rings. The van der Waals surface area contributed by atoms with Crippen LogP contribution >= 0.6 is 11.6 Å². The van der Waals surface area contributed by atoms with Gasteiger partial charge in [0.15, 0.2) is 6.61 Å². The third-order valence-electron chi connectivity index (χ3n) is 5.38. The van der Waals surface area contributed by atoms with E-state index < -0.39 is 18.4 Å². The monoisotopic (exact) mass is 423 g/mol. The molecule has 0 bridgehead atoms. The Labute approximate surface area is 178 Å². The van der Waals surface area contributed by atoms with E-state index in [4.69, 9.17) is 16.3 Å². The van der Waals surface area contributed by atoms with Crippen molar-refractivity contribution in [3.8, 4) is 0 Å². The van der Waals surface area contributed by atoms with E-state index in [1.54, 1.807) is 24.3 Å². The standard InChI is InChI=1S/C23H18ClNO5/c24-19-8-4-3-7-18(19)20(26)13-30-23(29)14-9-11-15(12-10-14)25-21(27)16-5-1-2-6-17(16)22(25)28/h1-4,7-12,16-17H,5-6,13H2/t16-,17-/m0/s1. The maximum Gasteiger partial charge on any atom is 0.338 e. The van der Waals surface area contributed by atoms with Crippen LogP contribution in [0.1, 0.15) is 33.6 Å². The number of anilines is 1. The molecule has 0 radical (unpaired) electrons. The lowest BCUT2D eigenvalue weighted by molar-refractivity contribution is -0.122. The number of imide groups is 1. The van der Waals surface area contributed by atoms with E-state index in [2.05, 4.69) is 0 Å². The normalized spacial score (nSPS) is 20.2. The van der Waals surface area contributed by atoms with Crippen molar-refractivity contribution in [3.05, 3.63) is 76.8 Å². The second-order valence-electron chi connectivity index (χ2n) is 7.19. The van der Waals surface area contributed by atoms with E-state index >= 15 is 0 Å². The average molecular weight is 424 g/mol. The maximum absolute atomic E-state index is 12.6. The van der Waals surface area contributed by atoms with Crippen LogP contribution in [0.5, 0.6) is 0 Å². The number of ketones is 1. The Kier molecular flexibility index (Phi) is 5.50. The second-order valence-corrected chi connectivity index (χ2v) is 7.60. The summed E-state index contributed by atoms with van der Waals surface area (Å²) in [7, 11) is 0. The third-order valence-corrected chi connectivity index (χ3v) is 5.71. The molecule has 1 aliphatic heterocycles. The summed E-state index contributed by atoms with van der Waals surface area (Å²) in [5.74, 6) is -2.15. The second kappa shape index (κ2) is 8.24. The molecule has 2 aliphatic rings. The highest BCUT2D eigenvalue weighted by Gasteiger charge is 2.47. The van der Waals surface area contributed by atoms with Crippen molar-refractivity contribution >= 4 is 40.9 Å². The van der Waals surface area contributed by atoms with E-state index in [0.29, 0.717) is 23.6 Å². The van der Waals surface area contributed by atoms with Crippen molar-refractivity contribution in [2.45, 2.75) is 12.8 Å². The smallest absolute Gasteiger partial charge is 0.338 e. The predicted octanol–water partition coefficient (Wildman–Crippen LogP) is 3.84. The number of allylic oxidation sites excluding steroid dienone is 2. The summed E-state index contributed by atoms with van der Waals surface area (Å²) in [4.78, 5) is 50.9. The number of Topliss-reactive ketones (excluding diaryl/α,β-unsaturated/α-hetero) is 1. The van der Waals surface area contributed by atoms with Crippen LogP contribution in [0.3, 0.4) is 0 Å². The molecule has 1 saturated heterocycles. The topological polar surface area (TPSA) is 80.8 Å². The summed E-state index contributed by atoms with van der Waals surface area (Å²) < 4.78 is 5.08. The molecule has 2 aromatic carbocycles. The summed E-state index contributed by atoms with van der Waals surface area (Å²) in [6, 6.07) is 12.5. The molecule has 1 aliphatic carbocycles. The maximum atomic E-state index is 12.6. The first kappa shape index (κ1) is 20.0. The van der Waals surface area contributed by atoms with Gasteiger partial charge in [-0.05, 0) is 49.2 Å². The molecule has 0 saturated carbocycles. The summed E-state index contributed by atoms with van der Waals surface area (Å²) in [5, 5.41) is 0.290. The Hall–Kier alpha value is -3.25. The zero-order chi connectivity index (χ0) is 21.3. The van der Waals surface area contributed by atoms with E-state index in [1.165, 1.54) is 29.2 Å². The zero-order valence-corrected chi connectivity index (χ0v) is 16.7. The van der Waals surface area contributed by atoms with Gasteiger partial charge in [-0.15, -0.1) is 0 Å². The molecule has 30 heavy (non-hydrogen) atoms. The van der Waals surface area contributed by atoms with Gasteiger partial charge in [-0.2, -0.15) is 0 Å². The van der Waals surface area contributed by atoms with E-state index in [1.807, 2.05) is 12.2 Å². The molecule has 2 amide bonds. The van der Waals surface area contributed by atoms with Crippen molar-refractivity contribution in [1.29, 1.82) is 0 Å². The van der Waals surface area contributed by atoms with Gasteiger partial charge >= 0.3 is 5.97 Å². The van der Waals surface area contributed by atoms with Crippen molar-refractivity contribution < 1.29 is 23.9 Å². The predicted molar refractivity (Wildman–Crippen MR) is 110 cm³/mol. The fourth-order valence-electron chi connectivity index (χ4n) is 3.78. The number of amides is 2. The SMILES string of the molecule is O=C(OCC(=O)c1ccccc1Cl)c1ccc(N2C(=O)[C@H]3CC=CC[C@@H]3C2=O)cc1. The Morgan fingerprint density at radius 3 is 2.13 bits per heavy atom. The number of hydrogen-bond donors (Lipinski definition) is 0. The summed E-state index contributed by atoms with van der Waals surface area (Å²) >= 11 is 5.98. The summed E-state index contributed by atoms with van der Waals surface area (Å²) in [6.07, 6.45) is 4.99. The number of rotatable bonds is 5. The van der Waals surface area contributed by atoms with Crippen LogP contribution in [0.2, 0.25) is 5.02 Å². The van der Waals surface area contributed by atoms with Crippen LogP contribution < -0.4 is 4.90 Å². The molecule has 6 nitrogen and oxygen atoms in total. The van der Waals surface area contributed by atoms with Gasteiger partial charge in [-0.25, -0.2) is 4.79 Å². The fraction of sp³-hybridized carbons (Fsp3) is 0.217. The van der Waals surface area contributed by atoms with Gasteiger partial charge in [-0.1, -0.05) is 35.9 Å². The molecular formula is C23H18ClNO5. The fourth-order valence-corrected chi connectivity index (χ4v) is 4.02. The van der Waals surface area contributed by atoms with Crippen molar-refractivity contribution in [3.63, 3.8) is 0 Å². The number of halogens is 1. The van der Waals surface area contributed by atoms with Crippen molar-refractivity contribution in [2.75, 3.05) is 11.5 Å². The highest BCUT2D eigenvalue weighted by molar-refractivity contribution is 6.34. The molecule has 0 spiro atoms. The number of carbonyl (C=O) groups is 4. The number of hydrogen-bond acceptors (Lipinski definition) is 5. The van der Waals surface area contributed by atoms with Gasteiger partial charge in [0.05, 0.1) is 28.1 Å². The van der Waals surface area contributed by atoms with Gasteiger partial charge in [-0.3, -0.25) is 19.3 Å². The highest BCUT2D eigenvalue weighted by Crippen LogP contribution is 2.37. The minimum Gasteiger partial charge on any atom is -0.454 e. The number of carbonyl (C=O) groups excluding carboxylic acids is 4. The molecule has 7 heteroatoms. The van der Waals surface area contributed by atoms with E-state index in [0.717, 1.165) is 0 Å². The Morgan fingerprint density at radius 2 is 1.53 bits per heavy atom. The molecule has 2 atom stereocenters. The van der Waals surface area contributed by atoms with Crippen molar-refractivity contribution in [2.24, 2.45) is 11.8 Å². The number of fused-ring (bicyclic) bond motifs is 1. The highest BCUT2D eigenvalue weighted by atomic mass is 35.5. The van der Waals surface area contributed by atoms with Gasteiger partial charge in [0, 0.05) is 5.56 Å². The first-order chi connectivity index (χ1) is 14.5. The Balaban J connectivity index is 1.42. The third kappa shape index (κ3) is 3.66. The first-order valence-electron chi connectivity index (χ1n) is 9.55. The van der Waals surface area contributed by atoms with Crippen LogP contribution in [0, 0.1) is 11.8 Å². The number of benzene rings is 2. The number of esters is 1. The summed E-state index contributed by atoms with van der Waals surface area (Å²) in [5.41, 5.74) is 0.913. The Morgan fingerprint density at radius 1 is 0.933 bits per heavy atom. The molecule has 0 aromatic heterocycles. The molecule has 0 N–H and O–H groups in total. The van der Waals surface area contributed by atoms with Crippen LogP contribution in [0.25, 0.3) is 0 Å². The zero-order valence-electron chi connectivity index (χ0n) is 15.9. The quantitative estimate of drug-likeness (QED) is 0.316. The van der Waals surface area contributed by atoms with Gasteiger partial charge < -0.3 is 4.74 Å². The largest absolute Gasteiger partial charge is 0.454 e. The lowest BCUT2D eigenvalue weighted by Crippen LogP contribution is -2.30. The van der Waals surface area contributed by atoms with Crippen LogP contribution in [-0.2, 0) is 14.3 Å². The van der Waals surface area contributed by atoms with E-state index in [9.17, 15) is 19.2 Å². The van der Waals surface area contributed by atoms with Gasteiger partial charge in [0.1, 0.15) is 0 Å². The lowest BCUT2D eigenvalue weighted by Gasteiger charge is -2.15. The lowest BCUT2D eigenvalue weighted by atomic mass is 9.85. The molecule has 0 unspecified atom stereocenters. The summed E-state index contributed by atoms with van der Waals surface area (Å²) in [6.45, 7) is -0.441. The molecule has 1 heterocycles. The van der Waals surface area contributed by atoms with Crippen molar-refractivity contribution in [1.82, 2.24) is 0 Å². The molecular weight excluding hydrogens is 406 g/mol. The number of ether oxygens (including phenoxy) is 1. The molecule has 152 valence electrons. The minimum absolute atomic E-state index is 0.212. The van der Waals surface area contributed by atoms with Crippen LogP contribution in [0.15, 0.2) is 60.7 Å². The average Bonchev–Trinajstić information content (AvgIpc) is 3.02.